The highest BCUT2D eigenvalue weighted by Crippen LogP contribution is 2.27. The molecular formula is C12H21NO3S. The number of unbranched alkanes of at least 4 members (excludes halogenated alkanes) is 1. The van der Waals surface area contributed by atoms with Crippen molar-refractivity contribution in [3.05, 3.63) is 0 Å². The maximum atomic E-state index is 11.7. The lowest BCUT2D eigenvalue weighted by molar-refractivity contribution is -0.146. The van der Waals surface area contributed by atoms with Crippen LogP contribution in [-0.4, -0.2) is 34.0 Å². The van der Waals surface area contributed by atoms with Gasteiger partial charge in [-0.3, -0.25) is 9.59 Å². The maximum absolute atomic E-state index is 11.7. The first kappa shape index (κ1) is 14.4. The van der Waals surface area contributed by atoms with E-state index < -0.39 is 5.97 Å². The van der Waals surface area contributed by atoms with Gasteiger partial charge >= 0.3 is 5.97 Å². The zero-order chi connectivity index (χ0) is 12.8. The molecule has 1 atom stereocenters. The molecule has 1 aliphatic rings. The molecular weight excluding hydrogens is 238 g/mol. The Hall–Kier alpha value is -0.710. The number of carboxylic acids is 1. The number of carboxylic acid groups (broad SMARTS) is 1. The van der Waals surface area contributed by atoms with Crippen LogP contribution in [0, 0.1) is 5.92 Å². The number of nitrogens with one attached hydrogen (secondary N) is 1. The monoisotopic (exact) mass is 259 g/mol. The lowest BCUT2D eigenvalue weighted by atomic mass is 9.80. The van der Waals surface area contributed by atoms with E-state index in [2.05, 4.69) is 12.2 Å². The van der Waals surface area contributed by atoms with Gasteiger partial charge in [-0.05, 0) is 31.9 Å². The highest BCUT2D eigenvalue weighted by Gasteiger charge is 2.35. The van der Waals surface area contributed by atoms with Gasteiger partial charge in [-0.25, -0.2) is 0 Å². The summed E-state index contributed by atoms with van der Waals surface area (Å²) < 4.78 is 0. The smallest absolute Gasteiger partial charge is 0.306 e. The molecule has 0 aromatic rings. The van der Waals surface area contributed by atoms with E-state index in [1.807, 2.05) is 6.92 Å². The molecule has 1 aliphatic carbocycles. The van der Waals surface area contributed by atoms with Gasteiger partial charge in [0.1, 0.15) is 0 Å². The lowest BCUT2D eigenvalue weighted by Crippen LogP contribution is -2.48. The summed E-state index contributed by atoms with van der Waals surface area (Å²) in [6, 6.07) is 0.0674. The van der Waals surface area contributed by atoms with Gasteiger partial charge in [0, 0.05) is 6.04 Å². The molecule has 1 unspecified atom stereocenters. The highest BCUT2D eigenvalue weighted by atomic mass is 32.2. The molecule has 0 heterocycles. The Labute approximate surface area is 107 Å². The van der Waals surface area contributed by atoms with E-state index >= 15 is 0 Å². The summed E-state index contributed by atoms with van der Waals surface area (Å²) in [5, 5.41) is 11.6. The molecule has 1 fully saturated rings. The molecule has 0 aliphatic heterocycles. The molecule has 4 nitrogen and oxygen atoms in total. The van der Waals surface area contributed by atoms with Crippen LogP contribution in [0.1, 0.15) is 39.5 Å². The summed E-state index contributed by atoms with van der Waals surface area (Å²) in [4.78, 5) is 22.3. The van der Waals surface area contributed by atoms with Crippen molar-refractivity contribution in [1.82, 2.24) is 5.32 Å². The molecule has 2 N–H and O–H groups in total. The van der Waals surface area contributed by atoms with Crippen molar-refractivity contribution >= 4 is 23.6 Å². The summed E-state index contributed by atoms with van der Waals surface area (Å²) in [6.45, 7) is 4.04. The van der Waals surface area contributed by atoms with Gasteiger partial charge in [0.05, 0.1) is 11.2 Å². The van der Waals surface area contributed by atoms with Crippen LogP contribution in [0.2, 0.25) is 0 Å². The SMILES string of the molecule is CCCCSC(C)C(=O)NC1CC(C(=O)O)C1. The Kier molecular flexibility index (Phi) is 5.82. The fourth-order valence-corrected chi connectivity index (χ4v) is 2.76. The topological polar surface area (TPSA) is 66.4 Å². The quantitative estimate of drug-likeness (QED) is 0.685. The summed E-state index contributed by atoms with van der Waals surface area (Å²) in [6.07, 6.45) is 3.43. The van der Waals surface area contributed by atoms with Crippen LogP contribution in [0.25, 0.3) is 0 Å². The van der Waals surface area contributed by atoms with Crippen LogP contribution >= 0.6 is 11.8 Å². The third-order valence-electron chi connectivity index (χ3n) is 3.07. The number of aliphatic carboxylic acids is 1. The van der Waals surface area contributed by atoms with Crippen LogP contribution < -0.4 is 5.32 Å². The number of amides is 1. The summed E-state index contributed by atoms with van der Waals surface area (Å²) >= 11 is 1.66. The second-order valence-electron chi connectivity index (χ2n) is 4.58. The highest BCUT2D eigenvalue weighted by molar-refractivity contribution is 8.00. The first-order valence-electron chi connectivity index (χ1n) is 6.19. The fraction of sp³-hybridized carbons (Fsp3) is 0.833. The largest absolute Gasteiger partial charge is 0.481 e. The molecule has 98 valence electrons. The zero-order valence-electron chi connectivity index (χ0n) is 10.4. The van der Waals surface area contributed by atoms with Crippen molar-refractivity contribution in [2.45, 2.75) is 50.8 Å². The molecule has 0 radical (unpaired) electrons. The van der Waals surface area contributed by atoms with Crippen molar-refractivity contribution in [3.63, 3.8) is 0 Å². The molecule has 0 spiro atoms. The normalized spacial score (nSPS) is 24.8. The van der Waals surface area contributed by atoms with Crippen LogP contribution in [0.5, 0.6) is 0 Å². The molecule has 1 amide bonds. The third kappa shape index (κ3) is 4.58. The number of thioether (sulfide) groups is 1. The Morgan fingerprint density at radius 3 is 2.65 bits per heavy atom. The summed E-state index contributed by atoms with van der Waals surface area (Å²) in [5.74, 6) is 0.0391. The van der Waals surface area contributed by atoms with E-state index in [1.54, 1.807) is 11.8 Å². The average molecular weight is 259 g/mol. The molecule has 0 aromatic carbocycles. The standard InChI is InChI=1S/C12H21NO3S/c1-3-4-5-17-8(2)11(14)13-10-6-9(7-10)12(15)16/h8-10H,3-7H2,1-2H3,(H,13,14)(H,15,16). The molecule has 0 bridgehead atoms. The molecule has 1 saturated carbocycles. The summed E-state index contributed by atoms with van der Waals surface area (Å²) in [7, 11) is 0. The van der Waals surface area contributed by atoms with Crippen LogP contribution in [-0.2, 0) is 9.59 Å². The van der Waals surface area contributed by atoms with Gasteiger partial charge in [0.15, 0.2) is 0 Å². The minimum atomic E-state index is -0.749. The Balaban J connectivity index is 2.15. The van der Waals surface area contributed by atoms with E-state index in [1.165, 1.54) is 0 Å². The van der Waals surface area contributed by atoms with Gasteiger partial charge in [-0.1, -0.05) is 13.3 Å². The van der Waals surface area contributed by atoms with E-state index in [0.29, 0.717) is 12.8 Å². The molecule has 0 saturated heterocycles. The lowest BCUT2D eigenvalue weighted by Gasteiger charge is -2.33. The second kappa shape index (κ2) is 6.89. The van der Waals surface area contributed by atoms with Crippen molar-refractivity contribution in [2.24, 2.45) is 5.92 Å². The minimum Gasteiger partial charge on any atom is -0.481 e. The predicted octanol–water partition coefficient (Wildman–Crippen LogP) is 1.89. The number of rotatable bonds is 7. The van der Waals surface area contributed by atoms with E-state index in [-0.39, 0.29) is 23.1 Å². The third-order valence-corrected chi connectivity index (χ3v) is 4.31. The molecule has 5 heteroatoms. The van der Waals surface area contributed by atoms with Gasteiger partial charge in [-0.15, -0.1) is 11.8 Å². The number of hydrogen-bond acceptors (Lipinski definition) is 3. The molecule has 17 heavy (non-hydrogen) atoms. The van der Waals surface area contributed by atoms with Crippen LogP contribution in [0.3, 0.4) is 0 Å². The van der Waals surface area contributed by atoms with Gasteiger partial charge in [-0.2, -0.15) is 0 Å². The van der Waals surface area contributed by atoms with Gasteiger partial charge in [0.25, 0.3) is 0 Å². The van der Waals surface area contributed by atoms with Crippen LogP contribution in [0.15, 0.2) is 0 Å². The number of hydrogen-bond donors (Lipinski definition) is 2. The van der Waals surface area contributed by atoms with Crippen molar-refractivity contribution in [2.75, 3.05) is 5.75 Å². The fourth-order valence-electron chi connectivity index (χ4n) is 1.74. The Morgan fingerprint density at radius 1 is 1.47 bits per heavy atom. The first-order chi connectivity index (χ1) is 8.04. The summed E-state index contributed by atoms with van der Waals surface area (Å²) in [5.41, 5.74) is 0. The van der Waals surface area contributed by atoms with Crippen molar-refractivity contribution in [3.8, 4) is 0 Å². The number of carbonyl (C=O) groups is 2. The minimum absolute atomic E-state index is 0.0366. The van der Waals surface area contributed by atoms with Gasteiger partial charge in [0.2, 0.25) is 5.91 Å². The van der Waals surface area contributed by atoms with Crippen molar-refractivity contribution < 1.29 is 14.7 Å². The van der Waals surface area contributed by atoms with Crippen molar-refractivity contribution in [1.29, 1.82) is 0 Å². The Bertz CT molecular complexity index is 277. The van der Waals surface area contributed by atoms with Crippen LogP contribution in [0.4, 0.5) is 0 Å². The second-order valence-corrected chi connectivity index (χ2v) is 6.03. The Morgan fingerprint density at radius 2 is 2.12 bits per heavy atom. The zero-order valence-corrected chi connectivity index (χ0v) is 11.3. The van der Waals surface area contributed by atoms with Gasteiger partial charge < -0.3 is 10.4 Å². The number of carbonyl (C=O) groups excluding carboxylic acids is 1. The first-order valence-corrected chi connectivity index (χ1v) is 7.24. The average Bonchev–Trinajstić information content (AvgIpc) is 2.22. The van der Waals surface area contributed by atoms with E-state index in [0.717, 1.165) is 18.6 Å². The maximum Gasteiger partial charge on any atom is 0.306 e. The molecule has 1 rings (SSSR count). The predicted molar refractivity (Wildman–Crippen MR) is 69.1 cm³/mol. The van der Waals surface area contributed by atoms with E-state index in [9.17, 15) is 9.59 Å². The molecule has 0 aromatic heterocycles. The van der Waals surface area contributed by atoms with E-state index in [4.69, 9.17) is 5.11 Å².